The zero-order valence-corrected chi connectivity index (χ0v) is 16.7. The van der Waals surface area contributed by atoms with Gasteiger partial charge in [0.2, 0.25) is 0 Å². The maximum atomic E-state index is 12.6. The lowest BCUT2D eigenvalue weighted by Crippen LogP contribution is -2.20. The van der Waals surface area contributed by atoms with E-state index < -0.39 is 12.1 Å². The molecule has 28 heavy (non-hydrogen) atoms. The van der Waals surface area contributed by atoms with Gasteiger partial charge in [0.15, 0.2) is 0 Å². The number of hydrogen-bond acceptors (Lipinski definition) is 4. The number of carbonyl (C=O) groups excluding carboxylic acids is 1. The van der Waals surface area contributed by atoms with Gasteiger partial charge < -0.3 is 14.6 Å². The van der Waals surface area contributed by atoms with Gasteiger partial charge in [0.25, 0.3) is 0 Å². The maximum Gasteiger partial charge on any atom is 0.339 e. The third kappa shape index (κ3) is 5.91. The Morgan fingerprint density at radius 2 is 1.89 bits per heavy atom. The topological polar surface area (TPSA) is 55.8 Å². The summed E-state index contributed by atoms with van der Waals surface area (Å²) in [4.78, 5) is 12.6. The summed E-state index contributed by atoms with van der Waals surface area (Å²) < 4.78 is 10.9. The number of esters is 1. The van der Waals surface area contributed by atoms with E-state index in [4.69, 9.17) is 9.47 Å². The van der Waals surface area contributed by atoms with E-state index >= 15 is 0 Å². The molecule has 2 unspecified atom stereocenters. The summed E-state index contributed by atoms with van der Waals surface area (Å²) in [6, 6.07) is 15.7. The lowest BCUT2D eigenvalue weighted by atomic mass is 10.00. The Kier molecular flexibility index (Phi) is 8.18. The minimum atomic E-state index is -0.861. The molecule has 2 aromatic rings. The van der Waals surface area contributed by atoms with Crippen LogP contribution in [-0.4, -0.2) is 30.9 Å². The van der Waals surface area contributed by atoms with Gasteiger partial charge in [-0.15, -0.1) is 0 Å². The lowest BCUT2D eigenvalue weighted by Gasteiger charge is -2.14. The van der Waals surface area contributed by atoms with Crippen molar-refractivity contribution in [3.8, 4) is 0 Å². The third-order valence-electron chi connectivity index (χ3n) is 4.55. The molecule has 4 nitrogen and oxygen atoms in total. The van der Waals surface area contributed by atoms with Crippen LogP contribution in [0.3, 0.4) is 0 Å². The van der Waals surface area contributed by atoms with Crippen molar-refractivity contribution in [3.05, 3.63) is 89.0 Å². The molecule has 0 aliphatic heterocycles. The molecule has 1 N–H and O–H groups in total. The van der Waals surface area contributed by atoms with Crippen LogP contribution in [0.15, 0.2) is 66.8 Å². The van der Waals surface area contributed by atoms with E-state index in [9.17, 15) is 9.90 Å². The van der Waals surface area contributed by atoms with Gasteiger partial charge in [-0.25, -0.2) is 4.79 Å². The van der Waals surface area contributed by atoms with E-state index in [2.05, 4.69) is 6.58 Å². The summed E-state index contributed by atoms with van der Waals surface area (Å²) in [5.41, 5.74) is 3.76. The molecule has 0 aromatic heterocycles. The zero-order valence-electron chi connectivity index (χ0n) is 16.7. The number of aliphatic hydroxyl groups is 1. The maximum absolute atomic E-state index is 12.6. The van der Waals surface area contributed by atoms with E-state index in [0.717, 1.165) is 16.7 Å². The standard InChI is InChI=1S/C24H28O4/c1-17(2)21(25)16-28-24(26)23-18(3)10-8-13-20(23)14-9-15-22(27-4)19-11-6-5-7-12-19/h5-14,21-22,25H,1,15-16H2,2-4H3/b14-9+. The molecule has 0 aliphatic rings. The molecule has 0 saturated heterocycles. The Bertz CT molecular complexity index is 824. The molecule has 0 saturated carbocycles. The van der Waals surface area contributed by atoms with Crippen LogP contribution in [-0.2, 0) is 9.47 Å². The van der Waals surface area contributed by atoms with Gasteiger partial charge in [-0.2, -0.15) is 0 Å². The number of carbonyl (C=O) groups is 1. The molecule has 0 amide bonds. The molecular formula is C24H28O4. The van der Waals surface area contributed by atoms with Crippen LogP contribution >= 0.6 is 0 Å². The number of aliphatic hydroxyl groups excluding tert-OH is 1. The first-order valence-electron chi connectivity index (χ1n) is 9.28. The second-order valence-electron chi connectivity index (χ2n) is 6.77. The van der Waals surface area contributed by atoms with E-state index in [1.807, 2.05) is 67.6 Å². The van der Waals surface area contributed by atoms with Gasteiger partial charge in [-0.1, -0.05) is 67.3 Å². The van der Waals surface area contributed by atoms with E-state index in [0.29, 0.717) is 17.6 Å². The van der Waals surface area contributed by atoms with E-state index in [1.165, 1.54) is 0 Å². The minimum Gasteiger partial charge on any atom is -0.459 e. The van der Waals surface area contributed by atoms with Crippen molar-refractivity contribution in [1.82, 2.24) is 0 Å². The first-order chi connectivity index (χ1) is 13.4. The molecule has 0 bridgehead atoms. The van der Waals surface area contributed by atoms with Crippen molar-refractivity contribution in [2.75, 3.05) is 13.7 Å². The number of hydrogen-bond donors (Lipinski definition) is 1. The van der Waals surface area contributed by atoms with Crippen molar-refractivity contribution in [2.45, 2.75) is 32.5 Å². The van der Waals surface area contributed by atoms with Crippen LogP contribution in [0.1, 0.15) is 46.5 Å². The van der Waals surface area contributed by atoms with Crippen LogP contribution in [0.4, 0.5) is 0 Å². The van der Waals surface area contributed by atoms with E-state index in [-0.39, 0.29) is 12.7 Å². The summed E-state index contributed by atoms with van der Waals surface area (Å²) in [7, 11) is 1.69. The quantitative estimate of drug-likeness (QED) is 0.498. The largest absolute Gasteiger partial charge is 0.459 e. The summed E-state index contributed by atoms with van der Waals surface area (Å²) in [6.45, 7) is 7.12. The van der Waals surface area contributed by atoms with Crippen molar-refractivity contribution in [3.63, 3.8) is 0 Å². The predicted molar refractivity (Wildman–Crippen MR) is 112 cm³/mol. The summed E-state index contributed by atoms with van der Waals surface area (Å²) in [6.07, 6.45) is 3.67. The molecule has 4 heteroatoms. The summed E-state index contributed by atoms with van der Waals surface area (Å²) in [5.74, 6) is -0.454. The molecule has 0 radical (unpaired) electrons. The smallest absolute Gasteiger partial charge is 0.339 e. The highest BCUT2D eigenvalue weighted by Gasteiger charge is 2.16. The summed E-state index contributed by atoms with van der Waals surface area (Å²) in [5, 5.41) is 9.79. The van der Waals surface area contributed by atoms with Crippen LogP contribution in [0.2, 0.25) is 0 Å². The monoisotopic (exact) mass is 380 g/mol. The molecule has 0 aliphatic carbocycles. The fraction of sp³-hybridized carbons (Fsp3) is 0.292. The van der Waals surface area contributed by atoms with Crippen LogP contribution < -0.4 is 0 Å². The van der Waals surface area contributed by atoms with E-state index in [1.54, 1.807) is 14.0 Å². The van der Waals surface area contributed by atoms with Crippen molar-refractivity contribution >= 4 is 12.0 Å². The molecular weight excluding hydrogens is 352 g/mol. The van der Waals surface area contributed by atoms with Crippen LogP contribution in [0.5, 0.6) is 0 Å². The number of rotatable bonds is 9. The fourth-order valence-electron chi connectivity index (χ4n) is 2.83. The van der Waals surface area contributed by atoms with Crippen LogP contribution in [0.25, 0.3) is 6.08 Å². The van der Waals surface area contributed by atoms with Crippen LogP contribution in [0, 0.1) is 6.92 Å². The Labute approximate surface area is 167 Å². The molecule has 0 heterocycles. The predicted octanol–water partition coefficient (Wildman–Crippen LogP) is 4.88. The second-order valence-corrected chi connectivity index (χ2v) is 6.77. The molecule has 148 valence electrons. The van der Waals surface area contributed by atoms with Crippen molar-refractivity contribution < 1.29 is 19.4 Å². The number of benzene rings is 2. The molecule has 2 atom stereocenters. The van der Waals surface area contributed by atoms with Gasteiger partial charge >= 0.3 is 5.97 Å². The molecule has 2 rings (SSSR count). The second kappa shape index (κ2) is 10.6. The number of aryl methyl sites for hydroxylation is 1. The highest BCUT2D eigenvalue weighted by molar-refractivity contribution is 5.95. The highest BCUT2D eigenvalue weighted by Crippen LogP contribution is 2.23. The molecule has 0 spiro atoms. The average molecular weight is 380 g/mol. The number of ether oxygens (including phenoxy) is 2. The van der Waals surface area contributed by atoms with Crippen molar-refractivity contribution in [1.29, 1.82) is 0 Å². The highest BCUT2D eigenvalue weighted by atomic mass is 16.5. The SMILES string of the molecule is C=C(C)C(O)COC(=O)c1c(C)cccc1/C=C/CC(OC)c1ccccc1. The fourth-order valence-corrected chi connectivity index (χ4v) is 2.83. The lowest BCUT2D eigenvalue weighted by molar-refractivity contribution is 0.0327. The minimum absolute atomic E-state index is 0.0524. The number of methoxy groups -OCH3 is 1. The Morgan fingerprint density at radius 1 is 1.18 bits per heavy atom. The first kappa shape index (κ1) is 21.6. The van der Waals surface area contributed by atoms with Gasteiger partial charge in [0, 0.05) is 7.11 Å². The molecule has 0 fully saturated rings. The average Bonchev–Trinajstić information content (AvgIpc) is 2.69. The van der Waals surface area contributed by atoms with Gasteiger partial charge in [-0.05, 0) is 42.5 Å². The zero-order chi connectivity index (χ0) is 20.5. The Balaban J connectivity index is 2.13. The Hall–Kier alpha value is -2.69. The van der Waals surface area contributed by atoms with Gasteiger partial charge in [0.1, 0.15) is 12.7 Å². The first-order valence-corrected chi connectivity index (χ1v) is 9.28. The van der Waals surface area contributed by atoms with Crippen molar-refractivity contribution in [2.24, 2.45) is 0 Å². The Morgan fingerprint density at radius 3 is 2.54 bits per heavy atom. The molecule has 2 aromatic carbocycles. The van der Waals surface area contributed by atoms with Gasteiger partial charge in [0.05, 0.1) is 11.7 Å². The third-order valence-corrected chi connectivity index (χ3v) is 4.55. The van der Waals surface area contributed by atoms with Gasteiger partial charge in [-0.3, -0.25) is 0 Å². The normalized spacial score (nSPS) is 13.3. The summed E-state index contributed by atoms with van der Waals surface area (Å²) >= 11 is 0.